The third kappa shape index (κ3) is 6.49. The van der Waals surface area contributed by atoms with Crippen LogP contribution in [0.15, 0.2) is 59.5 Å². The Balaban J connectivity index is 2.55. The summed E-state index contributed by atoms with van der Waals surface area (Å²) in [5.74, 6) is -1.43. The molecule has 11 heteroatoms. The second kappa shape index (κ2) is 10.4. The van der Waals surface area contributed by atoms with Gasteiger partial charge >= 0.3 is 5.97 Å². The number of hydrogen-bond acceptors (Lipinski definition) is 8. The van der Waals surface area contributed by atoms with Crippen molar-refractivity contribution < 1.29 is 28.0 Å². The monoisotopic (exact) mass is 450 g/mol. The van der Waals surface area contributed by atoms with Crippen molar-refractivity contribution in [1.29, 1.82) is 0 Å². The predicted molar refractivity (Wildman–Crippen MR) is 112 cm³/mol. The van der Waals surface area contributed by atoms with Crippen molar-refractivity contribution in [2.75, 3.05) is 5.23 Å². The molecule has 0 aromatic heterocycles. The Labute approximate surface area is 180 Å². The quantitative estimate of drug-likeness (QED) is 0.387. The Morgan fingerprint density at radius 3 is 2.19 bits per heavy atom. The van der Waals surface area contributed by atoms with Crippen LogP contribution in [0.1, 0.15) is 32.4 Å². The van der Waals surface area contributed by atoms with Gasteiger partial charge in [-0.2, -0.15) is 4.72 Å². The van der Waals surface area contributed by atoms with Crippen molar-refractivity contribution in [2.45, 2.75) is 43.9 Å². The number of carbonyl (C=O) groups excluding carboxylic acids is 2. The number of para-hydroxylation sites is 1. The summed E-state index contributed by atoms with van der Waals surface area (Å²) in [6.07, 6.45) is -0.560. The molecular formula is C20H24N3O7S-. The molecule has 31 heavy (non-hydrogen) atoms. The first-order valence-electron chi connectivity index (χ1n) is 9.33. The molecule has 3 N–H and O–H groups in total. The van der Waals surface area contributed by atoms with E-state index in [4.69, 9.17) is 4.74 Å². The van der Waals surface area contributed by atoms with E-state index in [0.717, 1.165) is 12.1 Å². The summed E-state index contributed by atoms with van der Waals surface area (Å²) in [6.45, 7) is 4.41. The second-order valence-electron chi connectivity index (χ2n) is 6.91. The van der Waals surface area contributed by atoms with Gasteiger partial charge in [0.25, 0.3) is 0 Å². The lowest BCUT2D eigenvalue weighted by Crippen LogP contribution is -2.51. The largest absolute Gasteiger partial charge is 0.733 e. The van der Waals surface area contributed by atoms with E-state index in [1.165, 1.54) is 19.1 Å². The number of esters is 1. The van der Waals surface area contributed by atoms with Gasteiger partial charge in [-0.15, -0.1) is 0 Å². The number of hydrogen-bond donors (Lipinski definition) is 3. The molecule has 0 saturated carbocycles. The van der Waals surface area contributed by atoms with E-state index in [-0.39, 0.29) is 0 Å². The molecule has 2 aromatic carbocycles. The Morgan fingerprint density at radius 1 is 1.06 bits per heavy atom. The van der Waals surface area contributed by atoms with Gasteiger partial charge in [-0.25, -0.2) is 8.42 Å². The van der Waals surface area contributed by atoms with Crippen molar-refractivity contribution >= 4 is 27.6 Å². The molecule has 0 fully saturated rings. The number of rotatable bonds is 9. The summed E-state index contributed by atoms with van der Waals surface area (Å²) in [5, 5.41) is 22.7. The van der Waals surface area contributed by atoms with Gasteiger partial charge in [0.15, 0.2) is 0 Å². The van der Waals surface area contributed by atoms with Crippen LogP contribution in [-0.2, 0) is 24.3 Å². The van der Waals surface area contributed by atoms with Crippen LogP contribution in [0.4, 0.5) is 5.69 Å². The maximum absolute atomic E-state index is 13.1. The van der Waals surface area contributed by atoms with Gasteiger partial charge in [-0.1, -0.05) is 42.5 Å². The van der Waals surface area contributed by atoms with Crippen molar-refractivity contribution in [1.82, 2.24) is 10.0 Å². The first-order valence-corrected chi connectivity index (χ1v) is 10.8. The van der Waals surface area contributed by atoms with Crippen LogP contribution in [0.25, 0.3) is 0 Å². The van der Waals surface area contributed by atoms with E-state index in [2.05, 4.69) is 10.0 Å². The van der Waals surface area contributed by atoms with Crippen LogP contribution in [0.3, 0.4) is 0 Å². The van der Waals surface area contributed by atoms with Crippen molar-refractivity contribution in [2.24, 2.45) is 0 Å². The smallest absolute Gasteiger partial charge is 0.326 e. The number of ether oxygens (including phenoxy) is 1. The summed E-state index contributed by atoms with van der Waals surface area (Å²) in [6, 6.07) is 10.5. The van der Waals surface area contributed by atoms with Crippen molar-refractivity contribution in [3.63, 3.8) is 0 Å². The molecule has 0 aliphatic carbocycles. The van der Waals surface area contributed by atoms with Gasteiger partial charge in [-0.05, 0) is 31.5 Å². The number of amides is 1. The fourth-order valence-corrected chi connectivity index (χ4v) is 4.24. The standard InChI is InChI=1S/C20H24N3O7S/c1-13(2)30-20(25)19(18(21-14(3)24)15-9-5-4-6-10-15)22-31(28,29)17-12-8-7-11-16(17)23(26)27/h4-13,18-19,22,26H,1-3H3,(H,21,24)/q-1/t18-,19+/m0/s1. The van der Waals surface area contributed by atoms with Gasteiger partial charge in [0.1, 0.15) is 10.9 Å². The Hall–Kier alpha value is -2.99. The van der Waals surface area contributed by atoms with Crippen LogP contribution in [-0.4, -0.2) is 37.6 Å². The molecular weight excluding hydrogens is 426 g/mol. The van der Waals surface area contributed by atoms with E-state index in [1.54, 1.807) is 44.2 Å². The minimum absolute atomic E-state index is 0.451. The highest BCUT2D eigenvalue weighted by Crippen LogP contribution is 2.26. The minimum Gasteiger partial charge on any atom is -0.733 e. The summed E-state index contributed by atoms with van der Waals surface area (Å²) in [5.41, 5.74) is -0.0891. The molecule has 0 aliphatic rings. The zero-order valence-electron chi connectivity index (χ0n) is 17.2. The molecule has 0 heterocycles. The second-order valence-corrected chi connectivity index (χ2v) is 8.60. The number of benzene rings is 2. The van der Waals surface area contributed by atoms with Gasteiger partial charge in [0.05, 0.1) is 17.8 Å². The fourth-order valence-electron chi connectivity index (χ4n) is 2.87. The highest BCUT2D eigenvalue weighted by Gasteiger charge is 2.36. The van der Waals surface area contributed by atoms with Crippen LogP contribution < -0.4 is 15.3 Å². The lowest BCUT2D eigenvalue weighted by molar-refractivity contribution is -0.150. The van der Waals surface area contributed by atoms with E-state index in [1.807, 2.05) is 0 Å². The van der Waals surface area contributed by atoms with Gasteiger partial charge in [-0.3, -0.25) is 14.8 Å². The van der Waals surface area contributed by atoms with Crippen LogP contribution in [0.2, 0.25) is 0 Å². The summed E-state index contributed by atoms with van der Waals surface area (Å²) >= 11 is 0. The van der Waals surface area contributed by atoms with Crippen LogP contribution in [0, 0.1) is 5.21 Å². The Bertz CT molecular complexity index is 1010. The maximum Gasteiger partial charge on any atom is 0.326 e. The lowest BCUT2D eigenvalue weighted by atomic mass is 10.00. The molecule has 0 aliphatic heterocycles. The summed E-state index contributed by atoms with van der Waals surface area (Å²) < 4.78 is 33.6. The average Bonchev–Trinajstić information content (AvgIpc) is 2.70. The van der Waals surface area contributed by atoms with Gasteiger partial charge in [0, 0.05) is 6.92 Å². The highest BCUT2D eigenvalue weighted by molar-refractivity contribution is 7.89. The zero-order chi connectivity index (χ0) is 23.2. The van der Waals surface area contributed by atoms with Crippen LogP contribution in [0.5, 0.6) is 0 Å². The van der Waals surface area contributed by atoms with Crippen molar-refractivity contribution in [3.8, 4) is 0 Å². The number of sulfonamides is 1. The predicted octanol–water partition coefficient (Wildman–Crippen LogP) is 1.86. The molecule has 0 saturated heterocycles. The average molecular weight is 450 g/mol. The Kier molecular flexibility index (Phi) is 8.11. The van der Waals surface area contributed by atoms with E-state index in [0.29, 0.717) is 5.56 Å². The molecule has 168 valence electrons. The van der Waals surface area contributed by atoms with E-state index >= 15 is 0 Å². The first-order chi connectivity index (χ1) is 14.5. The van der Waals surface area contributed by atoms with E-state index < -0.39 is 55.9 Å². The molecule has 1 amide bonds. The van der Waals surface area contributed by atoms with Crippen LogP contribution >= 0.6 is 0 Å². The number of nitrogens with zero attached hydrogens (tertiary/aromatic N) is 1. The number of carbonyl (C=O) groups is 2. The molecule has 0 radical (unpaired) electrons. The lowest BCUT2D eigenvalue weighted by Gasteiger charge is -2.29. The fraction of sp³-hybridized carbons (Fsp3) is 0.300. The van der Waals surface area contributed by atoms with Crippen molar-refractivity contribution in [3.05, 3.63) is 65.4 Å². The third-order valence-corrected chi connectivity index (χ3v) is 5.59. The summed E-state index contributed by atoms with van der Waals surface area (Å²) in [7, 11) is -4.51. The number of nitrogens with one attached hydrogen (secondary N) is 2. The molecule has 2 atom stereocenters. The molecule has 2 aromatic rings. The SMILES string of the molecule is CC(=O)N[C@@H](c1ccccc1)[C@@H](NS(=O)(=O)c1ccccc1N([O-])O)C(=O)OC(C)C. The molecule has 0 unspecified atom stereocenters. The first kappa shape index (κ1) is 24.3. The Morgan fingerprint density at radius 2 is 1.65 bits per heavy atom. The molecule has 0 bridgehead atoms. The molecule has 10 nitrogen and oxygen atoms in total. The highest BCUT2D eigenvalue weighted by atomic mass is 32.2. The van der Waals surface area contributed by atoms with Gasteiger partial charge < -0.3 is 20.5 Å². The zero-order valence-corrected chi connectivity index (χ0v) is 18.0. The van der Waals surface area contributed by atoms with Gasteiger partial charge in [0.2, 0.25) is 15.9 Å². The normalized spacial score (nSPS) is 13.4. The molecule has 0 spiro atoms. The summed E-state index contributed by atoms with van der Waals surface area (Å²) in [4.78, 5) is 24.1. The van der Waals surface area contributed by atoms with E-state index in [9.17, 15) is 28.4 Å². The maximum atomic E-state index is 13.1. The minimum atomic E-state index is -4.51. The third-order valence-electron chi connectivity index (χ3n) is 4.10. The number of anilines is 1. The molecule has 2 rings (SSSR count). The topological polar surface area (TPSA) is 148 Å².